The lowest BCUT2D eigenvalue weighted by atomic mass is 10.4. The van der Waals surface area contributed by atoms with Gasteiger partial charge in [-0.05, 0) is 12.1 Å². The third-order valence-corrected chi connectivity index (χ3v) is 3.87. The van der Waals surface area contributed by atoms with Crippen molar-refractivity contribution in [3.8, 4) is 11.8 Å². The van der Waals surface area contributed by atoms with Gasteiger partial charge < -0.3 is 10.2 Å². The summed E-state index contributed by atoms with van der Waals surface area (Å²) in [6, 6.07) is 8.65. The first-order valence-electron chi connectivity index (χ1n) is 4.43. The van der Waals surface area contributed by atoms with Crippen molar-refractivity contribution in [1.29, 1.82) is 0 Å². The van der Waals surface area contributed by atoms with E-state index in [2.05, 4.69) is 4.98 Å². The molecule has 1 heterocycles. The van der Waals surface area contributed by atoms with Crippen molar-refractivity contribution in [1.82, 2.24) is 4.98 Å². The van der Waals surface area contributed by atoms with Crippen LogP contribution in [0, 0.1) is 0 Å². The molecule has 3 N–H and O–H groups in total. The van der Waals surface area contributed by atoms with Crippen molar-refractivity contribution in [3.63, 3.8) is 0 Å². The Hall–Kier alpha value is -1.95. The molecule has 5 nitrogen and oxygen atoms in total. The van der Waals surface area contributed by atoms with Crippen molar-refractivity contribution in [2.24, 2.45) is 0 Å². The number of aromatic hydroxyl groups is 2. The highest BCUT2D eigenvalue weighted by Gasteiger charge is 2.23. The van der Waals surface area contributed by atoms with E-state index in [0.29, 0.717) is 0 Å². The van der Waals surface area contributed by atoms with Crippen LogP contribution in [-0.4, -0.2) is 23.6 Å². The van der Waals surface area contributed by atoms with Gasteiger partial charge in [-0.25, -0.2) is 8.42 Å². The van der Waals surface area contributed by atoms with Gasteiger partial charge in [-0.15, -0.1) is 0 Å². The predicted molar refractivity (Wildman–Crippen MR) is 56.0 cm³/mol. The summed E-state index contributed by atoms with van der Waals surface area (Å²) in [6.07, 6.45) is 0. The van der Waals surface area contributed by atoms with Crippen LogP contribution < -0.4 is 0 Å². The number of hydrogen-bond acceptors (Lipinski definition) is 4. The Morgan fingerprint density at radius 1 is 1.06 bits per heavy atom. The van der Waals surface area contributed by atoms with Gasteiger partial charge in [0.2, 0.25) is 15.7 Å². The lowest BCUT2D eigenvalue weighted by Gasteiger charge is -2.01. The molecule has 6 heteroatoms. The van der Waals surface area contributed by atoms with Crippen LogP contribution >= 0.6 is 0 Å². The van der Waals surface area contributed by atoms with Crippen LogP contribution in [0.1, 0.15) is 0 Å². The van der Waals surface area contributed by atoms with Crippen molar-refractivity contribution in [3.05, 3.63) is 36.4 Å². The smallest absolute Gasteiger partial charge is 0.212 e. The molecule has 0 bridgehead atoms. The lowest BCUT2D eigenvalue weighted by molar-refractivity contribution is 0.420. The highest BCUT2D eigenvalue weighted by Crippen LogP contribution is 2.30. The Morgan fingerprint density at radius 3 is 2.19 bits per heavy atom. The zero-order valence-corrected chi connectivity index (χ0v) is 8.90. The summed E-state index contributed by atoms with van der Waals surface area (Å²) in [5, 5.41) is 18.4. The Morgan fingerprint density at radius 2 is 1.69 bits per heavy atom. The van der Waals surface area contributed by atoms with Crippen LogP contribution in [0.3, 0.4) is 0 Å². The molecule has 0 aliphatic heterocycles. The molecule has 0 radical (unpaired) electrons. The normalized spacial score (nSPS) is 11.5. The minimum absolute atomic E-state index is 0.0595. The molecule has 1 aromatic heterocycles. The van der Waals surface area contributed by atoms with Crippen LogP contribution in [0.4, 0.5) is 0 Å². The zero-order chi connectivity index (χ0) is 11.8. The van der Waals surface area contributed by atoms with Crippen LogP contribution in [0.25, 0.3) is 0 Å². The minimum atomic E-state index is -3.79. The highest BCUT2D eigenvalue weighted by atomic mass is 32.2. The van der Waals surface area contributed by atoms with E-state index in [1.165, 1.54) is 12.1 Å². The maximum Gasteiger partial charge on any atom is 0.212 e. The molecule has 84 valence electrons. The molecule has 2 aromatic rings. The summed E-state index contributed by atoms with van der Waals surface area (Å²) in [7, 11) is -3.79. The molecule has 0 aliphatic rings. The molecule has 0 spiro atoms. The molecule has 16 heavy (non-hydrogen) atoms. The van der Waals surface area contributed by atoms with Crippen molar-refractivity contribution < 1.29 is 18.6 Å². The Kier molecular flexibility index (Phi) is 2.35. The second-order valence-electron chi connectivity index (χ2n) is 3.18. The molecule has 0 saturated heterocycles. The SMILES string of the molecule is O=S(=O)(c1ccccc1)c1cc(O)[nH]c1O. The maximum atomic E-state index is 12.0. The molecule has 0 unspecified atom stereocenters. The molecule has 1 aromatic carbocycles. The van der Waals surface area contributed by atoms with Gasteiger partial charge in [0.1, 0.15) is 4.90 Å². The second-order valence-corrected chi connectivity index (χ2v) is 5.10. The first-order chi connectivity index (χ1) is 7.51. The quantitative estimate of drug-likeness (QED) is 0.735. The van der Waals surface area contributed by atoms with Gasteiger partial charge in [-0.1, -0.05) is 18.2 Å². The molecule has 0 fully saturated rings. The van der Waals surface area contributed by atoms with E-state index in [1.54, 1.807) is 18.2 Å². The van der Waals surface area contributed by atoms with Gasteiger partial charge in [0.05, 0.1) is 4.90 Å². The average molecular weight is 239 g/mol. The fraction of sp³-hybridized carbons (Fsp3) is 0. The van der Waals surface area contributed by atoms with Crippen LogP contribution in [0.5, 0.6) is 11.8 Å². The topological polar surface area (TPSA) is 90.4 Å². The minimum Gasteiger partial charge on any atom is -0.494 e. The van der Waals surface area contributed by atoms with Crippen molar-refractivity contribution >= 4 is 9.84 Å². The van der Waals surface area contributed by atoms with Crippen LogP contribution in [0.2, 0.25) is 0 Å². The number of nitrogens with one attached hydrogen (secondary N) is 1. The molecule has 0 amide bonds. The molecule has 2 rings (SSSR count). The van der Waals surface area contributed by atoms with E-state index < -0.39 is 21.6 Å². The van der Waals surface area contributed by atoms with Crippen LogP contribution in [0.15, 0.2) is 46.2 Å². The van der Waals surface area contributed by atoms with Gasteiger partial charge in [0.15, 0.2) is 5.88 Å². The Balaban J connectivity index is 2.61. The number of rotatable bonds is 2. The molecule has 0 saturated carbocycles. The molecule has 0 atom stereocenters. The Bertz CT molecular complexity index is 601. The summed E-state index contributed by atoms with van der Waals surface area (Å²) >= 11 is 0. The summed E-state index contributed by atoms with van der Waals surface area (Å²) in [6.45, 7) is 0. The summed E-state index contributed by atoms with van der Waals surface area (Å²) in [4.78, 5) is 1.84. The first kappa shape index (κ1) is 10.6. The van der Waals surface area contributed by atoms with Gasteiger partial charge in [-0.2, -0.15) is 0 Å². The summed E-state index contributed by atoms with van der Waals surface area (Å²) in [5.74, 6) is -0.964. The van der Waals surface area contributed by atoms with Crippen LogP contribution in [-0.2, 0) is 9.84 Å². The van der Waals surface area contributed by atoms with E-state index in [-0.39, 0.29) is 9.79 Å². The van der Waals surface area contributed by atoms with Gasteiger partial charge in [0, 0.05) is 6.07 Å². The van der Waals surface area contributed by atoms with Crippen molar-refractivity contribution in [2.45, 2.75) is 9.79 Å². The monoisotopic (exact) mass is 239 g/mol. The zero-order valence-electron chi connectivity index (χ0n) is 8.08. The number of aromatic nitrogens is 1. The van der Waals surface area contributed by atoms with E-state index in [9.17, 15) is 13.5 Å². The predicted octanol–water partition coefficient (Wildman–Crippen LogP) is 1.26. The number of H-pyrrole nitrogens is 1. The van der Waals surface area contributed by atoms with E-state index in [4.69, 9.17) is 5.11 Å². The number of aromatic amines is 1. The summed E-state index contributed by atoms with van der Waals surface area (Å²) < 4.78 is 24.0. The molecule has 0 aliphatic carbocycles. The molecular weight excluding hydrogens is 230 g/mol. The number of benzene rings is 1. The Labute approximate surface area is 91.9 Å². The number of sulfone groups is 1. The van der Waals surface area contributed by atoms with E-state index >= 15 is 0 Å². The third kappa shape index (κ3) is 1.63. The van der Waals surface area contributed by atoms with Gasteiger partial charge in [0.25, 0.3) is 0 Å². The van der Waals surface area contributed by atoms with Gasteiger partial charge in [-0.3, -0.25) is 4.98 Å². The maximum absolute atomic E-state index is 12.0. The van der Waals surface area contributed by atoms with Gasteiger partial charge >= 0.3 is 0 Å². The summed E-state index contributed by atoms with van der Waals surface area (Å²) in [5.41, 5.74) is 0. The number of hydrogen-bond donors (Lipinski definition) is 3. The van der Waals surface area contributed by atoms with E-state index in [0.717, 1.165) is 6.07 Å². The largest absolute Gasteiger partial charge is 0.494 e. The van der Waals surface area contributed by atoms with E-state index in [1.807, 2.05) is 0 Å². The standard InChI is InChI=1S/C10H9NO4S/c12-9-6-8(10(13)11-9)16(14,15)7-4-2-1-3-5-7/h1-6,11-13H. The fourth-order valence-corrected chi connectivity index (χ4v) is 2.68. The fourth-order valence-electron chi connectivity index (χ4n) is 1.34. The second kappa shape index (κ2) is 3.57. The molecular formula is C10H9NO4S. The third-order valence-electron chi connectivity index (χ3n) is 2.09. The van der Waals surface area contributed by atoms with Crippen molar-refractivity contribution in [2.75, 3.05) is 0 Å². The lowest BCUT2D eigenvalue weighted by Crippen LogP contribution is -2.00. The highest BCUT2D eigenvalue weighted by molar-refractivity contribution is 7.91. The first-order valence-corrected chi connectivity index (χ1v) is 5.91. The average Bonchev–Trinajstić information content (AvgIpc) is 2.60.